The number of aromatic amines is 1. The molecule has 0 radical (unpaired) electrons. The average Bonchev–Trinajstić information content (AvgIpc) is 3.38. The number of halogens is 3. The topological polar surface area (TPSA) is 110 Å². The van der Waals surface area contributed by atoms with Gasteiger partial charge in [0.15, 0.2) is 6.10 Å². The van der Waals surface area contributed by atoms with E-state index < -0.39 is 35.5 Å². The van der Waals surface area contributed by atoms with Crippen LogP contribution in [0.2, 0.25) is 0 Å². The molecule has 1 aromatic heterocycles. The fourth-order valence-corrected chi connectivity index (χ4v) is 4.31. The lowest BCUT2D eigenvalue weighted by Gasteiger charge is -2.18. The molecule has 1 aliphatic rings. The van der Waals surface area contributed by atoms with Crippen LogP contribution in [0, 0.1) is 0 Å². The van der Waals surface area contributed by atoms with Gasteiger partial charge in [-0.05, 0) is 29.7 Å². The van der Waals surface area contributed by atoms with Crippen LogP contribution in [0.4, 0.5) is 18.9 Å². The molecule has 0 spiro atoms. The van der Waals surface area contributed by atoms with Crippen LogP contribution in [-0.2, 0) is 29.9 Å². The number of alkyl halides is 3. The molecular weight excluding hydrogens is 521 g/mol. The average molecular weight is 551 g/mol. The highest BCUT2D eigenvalue weighted by atomic mass is 19.4. The highest BCUT2D eigenvalue weighted by molar-refractivity contribution is 5.88. The van der Waals surface area contributed by atoms with E-state index in [1.165, 1.54) is 24.3 Å². The van der Waals surface area contributed by atoms with Gasteiger partial charge in [-0.25, -0.2) is 4.79 Å². The van der Waals surface area contributed by atoms with Crippen molar-refractivity contribution in [2.45, 2.75) is 24.8 Å². The zero-order valence-corrected chi connectivity index (χ0v) is 21.2. The number of H-pyrrole nitrogens is 1. The number of hydrogen-bond donors (Lipinski definition) is 2. The second-order valence-corrected chi connectivity index (χ2v) is 8.99. The summed E-state index contributed by atoms with van der Waals surface area (Å²) in [6.07, 6.45) is -6.37. The molecule has 0 aliphatic carbocycles. The lowest BCUT2D eigenvalue weighted by Crippen LogP contribution is -2.31. The predicted octanol–water partition coefficient (Wildman–Crippen LogP) is 3.33. The summed E-state index contributed by atoms with van der Waals surface area (Å²) >= 11 is 0. The van der Waals surface area contributed by atoms with Crippen molar-refractivity contribution in [2.24, 2.45) is 0 Å². The summed E-state index contributed by atoms with van der Waals surface area (Å²) in [7, 11) is 1.55. The number of pyridine rings is 1. The zero-order valence-electron chi connectivity index (χ0n) is 21.2. The molecule has 2 N–H and O–H groups in total. The lowest BCUT2D eigenvalue weighted by molar-refractivity contribution is -0.156. The normalized spacial score (nSPS) is 16.5. The van der Waals surface area contributed by atoms with Gasteiger partial charge in [0.1, 0.15) is 13.3 Å². The lowest BCUT2D eigenvalue weighted by atomic mass is 10.0. The van der Waals surface area contributed by atoms with E-state index in [1.807, 2.05) is 4.90 Å². The number of methoxy groups -OCH3 is 1. The number of ether oxygens (including phenoxy) is 4. The van der Waals surface area contributed by atoms with Crippen molar-refractivity contribution in [3.63, 3.8) is 0 Å². The van der Waals surface area contributed by atoms with E-state index in [-0.39, 0.29) is 37.6 Å². The van der Waals surface area contributed by atoms with E-state index in [2.05, 4.69) is 4.98 Å². The molecule has 2 heterocycles. The molecule has 210 valence electrons. The SMILES string of the molecule is COCCOCCOC(=O)[C@@H](O)CC1CN(c2ccc3cc(-c4ccccc4C(F)(F)F)[nH]c(=O)c3c2)CO1. The first-order valence-corrected chi connectivity index (χ1v) is 12.3. The highest BCUT2D eigenvalue weighted by Crippen LogP contribution is 2.36. The first-order chi connectivity index (χ1) is 18.7. The third kappa shape index (κ3) is 7.15. The Hall–Kier alpha value is -3.45. The Balaban J connectivity index is 1.39. The number of nitrogens with one attached hydrogen (secondary N) is 1. The molecule has 2 atom stereocenters. The van der Waals surface area contributed by atoms with Crippen molar-refractivity contribution in [1.82, 2.24) is 4.98 Å². The van der Waals surface area contributed by atoms with Crippen LogP contribution in [0.3, 0.4) is 0 Å². The Morgan fingerprint density at radius 3 is 2.69 bits per heavy atom. The zero-order chi connectivity index (χ0) is 28.0. The van der Waals surface area contributed by atoms with Gasteiger partial charge in [-0.15, -0.1) is 0 Å². The molecular formula is C27H29F3N2O7. The van der Waals surface area contributed by atoms with Crippen LogP contribution < -0.4 is 10.5 Å². The van der Waals surface area contributed by atoms with Crippen LogP contribution in [-0.4, -0.2) is 75.1 Å². The van der Waals surface area contributed by atoms with Crippen molar-refractivity contribution < 1.29 is 42.0 Å². The minimum absolute atomic E-state index is 0.00635. The number of rotatable bonds is 11. The Morgan fingerprint density at radius 2 is 1.92 bits per heavy atom. The number of carbonyl (C=O) groups excluding carboxylic acids is 1. The molecule has 0 saturated carbocycles. The van der Waals surface area contributed by atoms with E-state index in [1.54, 1.807) is 25.3 Å². The summed E-state index contributed by atoms with van der Waals surface area (Å²) in [5, 5.41) is 11.0. The molecule has 39 heavy (non-hydrogen) atoms. The van der Waals surface area contributed by atoms with Gasteiger partial charge in [-0.1, -0.05) is 24.3 Å². The first kappa shape index (κ1) is 28.6. The van der Waals surface area contributed by atoms with Crippen LogP contribution in [0.15, 0.2) is 53.3 Å². The van der Waals surface area contributed by atoms with Crippen LogP contribution in [0.5, 0.6) is 0 Å². The number of nitrogens with zero attached hydrogens (tertiary/aromatic N) is 1. The fourth-order valence-electron chi connectivity index (χ4n) is 4.31. The Bertz CT molecular complexity index is 1340. The van der Waals surface area contributed by atoms with Gasteiger partial charge in [-0.2, -0.15) is 13.2 Å². The molecule has 1 fully saturated rings. The molecule has 1 aliphatic heterocycles. The van der Waals surface area contributed by atoms with E-state index in [4.69, 9.17) is 18.9 Å². The quantitative estimate of drug-likeness (QED) is 0.276. The fraction of sp³-hybridized carbons (Fsp3) is 0.407. The van der Waals surface area contributed by atoms with Crippen molar-refractivity contribution >= 4 is 22.4 Å². The summed E-state index contributed by atoms with van der Waals surface area (Å²) in [6.45, 7) is 1.51. The van der Waals surface area contributed by atoms with E-state index in [0.29, 0.717) is 36.2 Å². The molecule has 2 aromatic carbocycles. The molecule has 1 saturated heterocycles. The van der Waals surface area contributed by atoms with Crippen molar-refractivity contribution in [2.75, 3.05) is 51.7 Å². The van der Waals surface area contributed by atoms with Crippen molar-refractivity contribution in [3.8, 4) is 11.3 Å². The van der Waals surface area contributed by atoms with Gasteiger partial charge in [0.25, 0.3) is 5.56 Å². The number of carbonyl (C=O) groups is 1. The summed E-state index contributed by atoms with van der Waals surface area (Å²) in [5.41, 5.74) is -0.746. The number of aliphatic hydroxyl groups is 1. The largest absolute Gasteiger partial charge is 0.461 e. The summed E-state index contributed by atoms with van der Waals surface area (Å²) in [4.78, 5) is 29.3. The maximum Gasteiger partial charge on any atom is 0.417 e. The summed E-state index contributed by atoms with van der Waals surface area (Å²) in [5.74, 6) is -0.771. The Morgan fingerprint density at radius 1 is 1.15 bits per heavy atom. The monoisotopic (exact) mass is 550 g/mol. The smallest absolute Gasteiger partial charge is 0.417 e. The standard InChI is InChI=1S/C27H29F3N2O7/c1-36-8-9-37-10-11-38-26(35)24(33)14-19-15-32(16-39-19)18-7-6-17-12-23(31-25(34)21(17)13-18)20-4-2-3-5-22(20)27(28,29)30/h2-7,12-13,19,24,33H,8-11,14-16H2,1H3,(H,31,34)/t19?,24-/m0/s1. The van der Waals surface area contributed by atoms with Gasteiger partial charge in [0.05, 0.1) is 31.5 Å². The van der Waals surface area contributed by atoms with Gasteiger partial charge in [-0.3, -0.25) is 4.79 Å². The maximum atomic E-state index is 13.5. The van der Waals surface area contributed by atoms with Crippen molar-refractivity contribution in [3.05, 3.63) is 64.4 Å². The molecule has 1 unspecified atom stereocenters. The first-order valence-electron chi connectivity index (χ1n) is 12.3. The number of benzene rings is 2. The van der Waals surface area contributed by atoms with Gasteiger partial charge in [0.2, 0.25) is 0 Å². The minimum atomic E-state index is -4.57. The molecule has 4 rings (SSSR count). The molecule has 0 bridgehead atoms. The van der Waals surface area contributed by atoms with Crippen LogP contribution in [0.25, 0.3) is 22.0 Å². The van der Waals surface area contributed by atoms with E-state index in [0.717, 1.165) is 6.07 Å². The third-order valence-corrected chi connectivity index (χ3v) is 6.27. The molecule has 12 heteroatoms. The van der Waals surface area contributed by atoms with Gasteiger partial charge in [0, 0.05) is 42.4 Å². The summed E-state index contributed by atoms with van der Waals surface area (Å²) in [6, 6.07) is 11.6. The van der Waals surface area contributed by atoms with E-state index in [9.17, 15) is 27.9 Å². The van der Waals surface area contributed by atoms with Crippen LogP contribution >= 0.6 is 0 Å². The number of anilines is 1. The second-order valence-electron chi connectivity index (χ2n) is 8.99. The Labute approximate surface area is 222 Å². The summed E-state index contributed by atoms with van der Waals surface area (Å²) < 4.78 is 61.2. The van der Waals surface area contributed by atoms with E-state index >= 15 is 0 Å². The number of aromatic nitrogens is 1. The number of hydrogen-bond acceptors (Lipinski definition) is 8. The van der Waals surface area contributed by atoms with Crippen LogP contribution in [0.1, 0.15) is 12.0 Å². The molecule has 0 amide bonds. The minimum Gasteiger partial charge on any atom is -0.461 e. The maximum absolute atomic E-state index is 13.5. The third-order valence-electron chi connectivity index (χ3n) is 6.27. The number of aliphatic hydroxyl groups excluding tert-OH is 1. The highest BCUT2D eigenvalue weighted by Gasteiger charge is 2.34. The van der Waals surface area contributed by atoms with Gasteiger partial charge >= 0.3 is 12.1 Å². The second kappa shape index (κ2) is 12.6. The van der Waals surface area contributed by atoms with Crippen molar-refractivity contribution in [1.29, 1.82) is 0 Å². The predicted molar refractivity (Wildman–Crippen MR) is 136 cm³/mol. The number of fused-ring (bicyclic) bond motifs is 1. The molecule has 3 aromatic rings. The molecule has 9 nitrogen and oxygen atoms in total. The van der Waals surface area contributed by atoms with Gasteiger partial charge < -0.3 is 33.9 Å². The Kier molecular flexibility index (Phi) is 9.23. The number of esters is 1.